The van der Waals surface area contributed by atoms with Crippen LogP contribution in [0.25, 0.3) is 0 Å². The molecule has 0 bridgehead atoms. The Morgan fingerprint density at radius 2 is 2.11 bits per heavy atom. The van der Waals surface area contributed by atoms with Crippen molar-refractivity contribution in [1.82, 2.24) is 0 Å². The summed E-state index contributed by atoms with van der Waals surface area (Å²) in [7, 11) is 1.30. The highest BCUT2D eigenvalue weighted by Crippen LogP contribution is 2.42. The molecule has 0 aromatic carbocycles. The minimum absolute atomic E-state index is 0.110. The van der Waals surface area contributed by atoms with E-state index < -0.39 is 28.2 Å². The Morgan fingerprint density at radius 3 is 2.47 bits per heavy atom. The van der Waals surface area contributed by atoms with Crippen molar-refractivity contribution >= 4 is 6.16 Å². The average molecular weight is 271 g/mol. The van der Waals surface area contributed by atoms with E-state index >= 15 is 0 Å². The Morgan fingerprint density at radius 1 is 1.53 bits per heavy atom. The summed E-state index contributed by atoms with van der Waals surface area (Å²) in [6, 6.07) is 0. The van der Waals surface area contributed by atoms with E-state index in [-0.39, 0.29) is 5.70 Å². The van der Waals surface area contributed by atoms with Crippen LogP contribution in [0.15, 0.2) is 23.9 Å². The SMILES string of the molecule is COC1(OC(=O)O)C=CC([N+](=O)[O-])=CC1C(C)(C)C. The average Bonchev–Trinajstić information content (AvgIpc) is 2.26. The van der Waals surface area contributed by atoms with Crippen LogP contribution in [0, 0.1) is 21.4 Å². The Labute approximate surface area is 110 Å². The molecule has 0 spiro atoms. The van der Waals surface area contributed by atoms with Gasteiger partial charge in [0.2, 0.25) is 5.79 Å². The van der Waals surface area contributed by atoms with Gasteiger partial charge in [0.25, 0.3) is 5.70 Å². The van der Waals surface area contributed by atoms with E-state index in [0.717, 1.165) is 0 Å². The smallest absolute Gasteiger partial charge is 0.450 e. The molecule has 0 amide bonds. The van der Waals surface area contributed by atoms with Gasteiger partial charge in [0.15, 0.2) is 0 Å². The van der Waals surface area contributed by atoms with Gasteiger partial charge in [0, 0.05) is 19.3 Å². The monoisotopic (exact) mass is 271 g/mol. The number of nitrogens with zero attached hydrogens (tertiary/aromatic N) is 1. The molecule has 0 saturated carbocycles. The number of carbonyl (C=O) groups is 1. The zero-order chi connectivity index (χ0) is 14.8. The van der Waals surface area contributed by atoms with Crippen LogP contribution < -0.4 is 0 Å². The number of allylic oxidation sites excluding steroid dienone is 1. The lowest BCUT2D eigenvalue weighted by atomic mass is 9.73. The molecule has 0 saturated heterocycles. The Hall–Kier alpha value is -1.89. The van der Waals surface area contributed by atoms with E-state index in [1.807, 2.05) is 20.8 Å². The molecule has 0 heterocycles. The van der Waals surface area contributed by atoms with Gasteiger partial charge in [-0.05, 0) is 11.5 Å². The first kappa shape index (κ1) is 15.2. The second kappa shape index (κ2) is 5.00. The fourth-order valence-electron chi connectivity index (χ4n) is 2.09. The molecule has 106 valence electrons. The second-order valence-corrected chi connectivity index (χ2v) is 5.32. The molecular formula is C12H17NO6. The standard InChI is InChI=1S/C12H17NO6/c1-11(2,3)9-7-8(13(16)17)5-6-12(9,18-4)19-10(14)15/h5-7,9H,1-4H3,(H,14,15). The lowest BCUT2D eigenvalue weighted by Crippen LogP contribution is -2.48. The number of hydrogen-bond donors (Lipinski definition) is 1. The van der Waals surface area contributed by atoms with Crippen molar-refractivity contribution in [2.75, 3.05) is 7.11 Å². The minimum atomic E-state index is -1.55. The quantitative estimate of drug-likeness (QED) is 0.366. The second-order valence-electron chi connectivity index (χ2n) is 5.32. The third kappa shape index (κ3) is 3.11. The van der Waals surface area contributed by atoms with Crippen LogP contribution in [0.1, 0.15) is 20.8 Å². The summed E-state index contributed by atoms with van der Waals surface area (Å²) in [5.74, 6) is -2.17. The predicted molar refractivity (Wildman–Crippen MR) is 66.0 cm³/mol. The normalized spacial score (nSPS) is 26.7. The van der Waals surface area contributed by atoms with Gasteiger partial charge >= 0.3 is 6.16 Å². The van der Waals surface area contributed by atoms with Crippen LogP contribution in [0.2, 0.25) is 0 Å². The van der Waals surface area contributed by atoms with E-state index in [9.17, 15) is 14.9 Å². The number of nitro groups is 1. The fourth-order valence-corrected chi connectivity index (χ4v) is 2.09. The molecule has 0 aromatic heterocycles. The molecular weight excluding hydrogens is 254 g/mol. The lowest BCUT2D eigenvalue weighted by Gasteiger charge is -2.41. The van der Waals surface area contributed by atoms with Crippen molar-refractivity contribution in [3.8, 4) is 0 Å². The van der Waals surface area contributed by atoms with Crippen molar-refractivity contribution in [3.63, 3.8) is 0 Å². The van der Waals surface area contributed by atoms with Gasteiger partial charge in [-0.25, -0.2) is 4.79 Å². The molecule has 0 aromatic rings. The number of carboxylic acid groups (broad SMARTS) is 1. The summed E-state index contributed by atoms with van der Waals surface area (Å²) in [4.78, 5) is 21.1. The predicted octanol–water partition coefficient (Wildman–Crippen LogP) is 2.42. The molecule has 2 unspecified atom stereocenters. The van der Waals surface area contributed by atoms with Crippen LogP contribution in [-0.2, 0) is 9.47 Å². The number of ether oxygens (including phenoxy) is 2. The lowest BCUT2D eigenvalue weighted by molar-refractivity contribution is -0.421. The molecule has 7 nitrogen and oxygen atoms in total. The summed E-state index contributed by atoms with van der Waals surface area (Å²) < 4.78 is 10.0. The first-order valence-corrected chi connectivity index (χ1v) is 5.65. The van der Waals surface area contributed by atoms with E-state index in [1.54, 1.807) is 0 Å². The number of methoxy groups -OCH3 is 1. The van der Waals surface area contributed by atoms with E-state index in [4.69, 9.17) is 14.6 Å². The van der Waals surface area contributed by atoms with Crippen molar-refractivity contribution in [2.45, 2.75) is 26.6 Å². The van der Waals surface area contributed by atoms with Gasteiger partial charge in [0.05, 0.1) is 10.8 Å². The van der Waals surface area contributed by atoms with Crippen LogP contribution in [0.5, 0.6) is 0 Å². The van der Waals surface area contributed by atoms with Crippen molar-refractivity contribution < 1.29 is 24.3 Å². The fraction of sp³-hybridized carbons (Fsp3) is 0.583. The molecule has 1 N–H and O–H groups in total. The van der Waals surface area contributed by atoms with E-state index in [1.165, 1.54) is 25.3 Å². The zero-order valence-corrected chi connectivity index (χ0v) is 11.2. The summed E-state index contributed by atoms with van der Waals surface area (Å²) in [5.41, 5.74) is -0.598. The number of hydrogen-bond acceptors (Lipinski definition) is 5. The highest BCUT2D eigenvalue weighted by molar-refractivity contribution is 5.58. The molecule has 2 atom stereocenters. The molecule has 0 fully saturated rings. The maximum Gasteiger partial charge on any atom is 0.508 e. The van der Waals surface area contributed by atoms with Crippen molar-refractivity contribution in [1.29, 1.82) is 0 Å². The first-order valence-electron chi connectivity index (χ1n) is 5.65. The van der Waals surface area contributed by atoms with Crippen LogP contribution in [0.4, 0.5) is 4.79 Å². The van der Waals surface area contributed by atoms with Gasteiger partial charge in [-0.3, -0.25) is 10.1 Å². The van der Waals surface area contributed by atoms with Gasteiger partial charge in [0.1, 0.15) is 0 Å². The molecule has 1 aliphatic rings. The summed E-state index contributed by atoms with van der Waals surface area (Å²) in [6.07, 6.45) is 2.33. The highest BCUT2D eigenvalue weighted by Gasteiger charge is 2.49. The zero-order valence-electron chi connectivity index (χ0n) is 11.2. The molecule has 7 heteroatoms. The van der Waals surface area contributed by atoms with E-state index in [0.29, 0.717) is 0 Å². The first-order chi connectivity index (χ1) is 8.62. The summed E-state index contributed by atoms with van der Waals surface area (Å²) in [5, 5.41) is 19.7. The largest absolute Gasteiger partial charge is 0.508 e. The topological polar surface area (TPSA) is 98.9 Å². The highest BCUT2D eigenvalue weighted by atomic mass is 16.8. The van der Waals surface area contributed by atoms with Crippen LogP contribution in [-0.4, -0.2) is 29.1 Å². The van der Waals surface area contributed by atoms with Crippen LogP contribution in [0.3, 0.4) is 0 Å². The maximum absolute atomic E-state index is 10.8. The Kier molecular flexibility index (Phi) is 4.00. The molecule has 0 radical (unpaired) electrons. The molecule has 1 rings (SSSR count). The van der Waals surface area contributed by atoms with Gasteiger partial charge in [-0.1, -0.05) is 20.8 Å². The van der Waals surface area contributed by atoms with Crippen LogP contribution >= 0.6 is 0 Å². The third-order valence-corrected chi connectivity index (χ3v) is 2.97. The minimum Gasteiger partial charge on any atom is -0.450 e. The van der Waals surface area contributed by atoms with Gasteiger partial charge in [-0.2, -0.15) is 0 Å². The maximum atomic E-state index is 10.8. The van der Waals surface area contributed by atoms with Crippen molar-refractivity contribution in [3.05, 3.63) is 34.0 Å². The molecule has 0 aliphatic heterocycles. The Balaban J connectivity index is 3.29. The summed E-state index contributed by atoms with van der Waals surface area (Å²) >= 11 is 0. The summed E-state index contributed by atoms with van der Waals surface area (Å²) in [6.45, 7) is 5.47. The van der Waals surface area contributed by atoms with Gasteiger partial charge in [-0.15, -0.1) is 0 Å². The molecule has 19 heavy (non-hydrogen) atoms. The molecule has 1 aliphatic carbocycles. The van der Waals surface area contributed by atoms with E-state index in [2.05, 4.69) is 0 Å². The third-order valence-electron chi connectivity index (χ3n) is 2.97. The number of rotatable bonds is 3. The Bertz CT molecular complexity index is 448. The van der Waals surface area contributed by atoms with Gasteiger partial charge < -0.3 is 14.6 Å². The van der Waals surface area contributed by atoms with Crippen molar-refractivity contribution in [2.24, 2.45) is 11.3 Å².